The summed E-state index contributed by atoms with van der Waals surface area (Å²) in [5.41, 5.74) is 0. The number of hydrogen-bond donors (Lipinski definition) is 5. The van der Waals surface area contributed by atoms with Gasteiger partial charge in [-0.25, -0.2) is 0 Å². The first-order valence-electron chi connectivity index (χ1n) is 3.90. The van der Waals surface area contributed by atoms with Crippen molar-refractivity contribution >= 4 is 23.3 Å². The van der Waals surface area contributed by atoms with Gasteiger partial charge in [-0.15, -0.1) is 0 Å². The van der Waals surface area contributed by atoms with E-state index >= 15 is 0 Å². The summed E-state index contributed by atoms with van der Waals surface area (Å²) in [4.78, 5) is 13.7. The van der Waals surface area contributed by atoms with Gasteiger partial charge in [0.25, 0.3) is 5.91 Å². The molecule has 0 heterocycles. The Morgan fingerprint density at radius 1 is 1.27 bits per heavy atom. The van der Waals surface area contributed by atoms with Crippen LogP contribution in [0.15, 0.2) is 4.99 Å². The maximum atomic E-state index is 10.8. The van der Waals surface area contributed by atoms with E-state index in [1.54, 1.807) is 5.16 Å². The van der Waals surface area contributed by atoms with Crippen LogP contribution in [0.25, 0.3) is 0 Å². The summed E-state index contributed by atoms with van der Waals surface area (Å²) in [7, 11) is 0. The zero-order valence-corrected chi connectivity index (χ0v) is 8.33. The topological polar surface area (TPSA) is 131 Å². The minimum atomic E-state index is -2.03. The molecule has 0 aliphatic heterocycles. The molecule has 0 aliphatic rings. The number of amides is 1. The number of isothiocyanates is 1. The molecule has 0 saturated carbocycles. The number of rotatable bonds is 5. The summed E-state index contributed by atoms with van der Waals surface area (Å²) in [6.07, 6.45) is -7.53. The summed E-state index contributed by atoms with van der Waals surface area (Å²) >= 11 is 4.09. The van der Waals surface area contributed by atoms with Gasteiger partial charge in [-0.3, -0.25) is 4.79 Å². The fraction of sp³-hybridized carbons (Fsp3) is 0.714. The molecule has 8 heteroatoms. The van der Waals surface area contributed by atoms with Crippen molar-refractivity contribution in [3.05, 3.63) is 0 Å². The largest absolute Gasteiger partial charge is 0.394 e. The van der Waals surface area contributed by atoms with Crippen molar-refractivity contribution in [3.63, 3.8) is 0 Å². The number of nitrogens with zero attached hydrogens (tertiary/aromatic N) is 1. The van der Waals surface area contributed by atoms with Crippen LogP contribution in [-0.4, -0.2) is 67.6 Å². The highest BCUT2D eigenvalue weighted by Gasteiger charge is 2.33. The average molecular weight is 237 g/mol. The number of hydrogen-bond acceptors (Lipinski definition) is 7. The predicted molar refractivity (Wildman–Crippen MR) is 51.1 cm³/mol. The first kappa shape index (κ1) is 14.3. The van der Waals surface area contributed by atoms with Gasteiger partial charge >= 0.3 is 0 Å². The van der Waals surface area contributed by atoms with E-state index in [1.807, 2.05) is 0 Å². The number of aliphatic hydroxyl groups excluding tert-OH is 5. The van der Waals surface area contributed by atoms with E-state index in [2.05, 4.69) is 17.2 Å². The summed E-state index contributed by atoms with van der Waals surface area (Å²) in [6, 6.07) is 0. The third kappa shape index (κ3) is 4.10. The maximum Gasteiger partial charge on any atom is 0.286 e. The zero-order chi connectivity index (χ0) is 12.0. The molecule has 0 aliphatic carbocycles. The molecular formula is C7H11NO6S. The number of aliphatic imine (C=N–C) groups is 1. The minimum absolute atomic E-state index is 0.824. The molecule has 0 rings (SSSR count). The van der Waals surface area contributed by atoms with Gasteiger partial charge in [0.15, 0.2) is 6.10 Å². The molecule has 0 spiro atoms. The van der Waals surface area contributed by atoms with Gasteiger partial charge in [-0.2, -0.15) is 4.99 Å². The first-order chi connectivity index (χ1) is 6.95. The lowest BCUT2D eigenvalue weighted by Crippen LogP contribution is -2.48. The fourth-order valence-corrected chi connectivity index (χ4v) is 0.870. The summed E-state index contributed by atoms with van der Waals surface area (Å²) < 4.78 is 0. The van der Waals surface area contributed by atoms with Gasteiger partial charge in [0.1, 0.15) is 18.3 Å². The molecule has 0 bridgehead atoms. The smallest absolute Gasteiger partial charge is 0.286 e. The highest BCUT2D eigenvalue weighted by molar-refractivity contribution is 7.78. The molecule has 0 saturated heterocycles. The number of thiocarbonyl (C=S) groups is 1. The van der Waals surface area contributed by atoms with Crippen molar-refractivity contribution in [2.45, 2.75) is 24.4 Å². The van der Waals surface area contributed by atoms with Gasteiger partial charge < -0.3 is 25.5 Å². The van der Waals surface area contributed by atoms with Gasteiger partial charge in [0.05, 0.1) is 11.8 Å². The monoisotopic (exact) mass is 237 g/mol. The SMILES string of the molecule is O=C(N=C=S)[C@@H](O)[C@@H](O)[C@H](O)[C@H](O)CO. The van der Waals surface area contributed by atoms with Crippen molar-refractivity contribution in [1.29, 1.82) is 0 Å². The van der Waals surface area contributed by atoms with E-state index < -0.39 is 36.9 Å². The third-order valence-corrected chi connectivity index (χ3v) is 1.75. The number of carbonyl (C=O) groups excluding carboxylic acids is 1. The van der Waals surface area contributed by atoms with Crippen LogP contribution >= 0.6 is 12.2 Å². The molecule has 0 aromatic heterocycles. The number of carbonyl (C=O) groups is 1. The Morgan fingerprint density at radius 2 is 1.80 bits per heavy atom. The van der Waals surface area contributed by atoms with Gasteiger partial charge in [0.2, 0.25) is 0 Å². The second-order valence-corrected chi connectivity index (χ2v) is 2.90. The molecule has 0 aromatic carbocycles. The van der Waals surface area contributed by atoms with Gasteiger partial charge in [-0.1, -0.05) is 0 Å². The summed E-state index contributed by atoms with van der Waals surface area (Å²) in [5, 5.41) is 46.4. The van der Waals surface area contributed by atoms with Crippen molar-refractivity contribution in [3.8, 4) is 0 Å². The van der Waals surface area contributed by atoms with E-state index in [4.69, 9.17) is 20.4 Å². The lowest BCUT2D eigenvalue weighted by molar-refractivity contribution is -0.145. The molecular weight excluding hydrogens is 226 g/mol. The Bertz CT molecular complexity index is 266. The minimum Gasteiger partial charge on any atom is -0.394 e. The van der Waals surface area contributed by atoms with Crippen LogP contribution in [0.2, 0.25) is 0 Å². The Hall–Kier alpha value is -0.730. The molecule has 0 radical (unpaired) electrons. The van der Waals surface area contributed by atoms with Crippen LogP contribution in [-0.2, 0) is 4.79 Å². The van der Waals surface area contributed by atoms with Crippen molar-refractivity contribution < 1.29 is 30.3 Å². The molecule has 4 atom stereocenters. The Labute approximate surface area is 90.3 Å². The second kappa shape index (κ2) is 6.70. The van der Waals surface area contributed by atoms with Gasteiger partial charge in [0, 0.05) is 0 Å². The van der Waals surface area contributed by atoms with Crippen LogP contribution < -0.4 is 0 Å². The zero-order valence-electron chi connectivity index (χ0n) is 7.52. The molecule has 15 heavy (non-hydrogen) atoms. The van der Waals surface area contributed by atoms with E-state index in [9.17, 15) is 9.90 Å². The van der Waals surface area contributed by atoms with Crippen molar-refractivity contribution in [1.82, 2.24) is 0 Å². The van der Waals surface area contributed by atoms with Crippen LogP contribution in [0.3, 0.4) is 0 Å². The summed E-state index contributed by atoms with van der Waals surface area (Å²) in [6.45, 7) is -0.824. The molecule has 5 N–H and O–H groups in total. The first-order valence-corrected chi connectivity index (χ1v) is 4.31. The molecule has 1 amide bonds. The molecule has 0 unspecified atom stereocenters. The highest BCUT2D eigenvalue weighted by atomic mass is 32.1. The average Bonchev–Trinajstić information content (AvgIpc) is 2.25. The maximum absolute atomic E-state index is 10.8. The van der Waals surface area contributed by atoms with Crippen LogP contribution in [0.4, 0.5) is 0 Å². The van der Waals surface area contributed by atoms with Crippen LogP contribution in [0, 0.1) is 0 Å². The third-order valence-electron chi connectivity index (χ3n) is 1.66. The molecule has 86 valence electrons. The summed E-state index contributed by atoms with van der Waals surface area (Å²) in [5.74, 6) is -1.19. The fourth-order valence-electron chi connectivity index (χ4n) is 0.780. The Morgan fingerprint density at radius 3 is 2.20 bits per heavy atom. The predicted octanol–water partition coefficient (Wildman–Crippen LogP) is -2.95. The van der Waals surface area contributed by atoms with Crippen LogP contribution in [0.5, 0.6) is 0 Å². The van der Waals surface area contributed by atoms with Crippen LogP contribution in [0.1, 0.15) is 0 Å². The van der Waals surface area contributed by atoms with E-state index in [0.717, 1.165) is 0 Å². The quantitative estimate of drug-likeness (QED) is 0.255. The van der Waals surface area contributed by atoms with E-state index in [0.29, 0.717) is 0 Å². The normalized spacial score (nSPS) is 18.5. The van der Waals surface area contributed by atoms with Gasteiger partial charge in [-0.05, 0) is 12.2 Å². The Balaban J connectivity index is 4.49. The lowest BCUT2D eigenvalue weighted by atomic mass is 10.0. The molecule has 7 nitrogen and oxygen atoms in total. The van der Waals surface area contributed by atoms with Crippen molar-refractivity contribution in [2.75, 3.05) is 6.61 Å². The second-order valence-electron chi connectivity index (χ2n) is 2.72. The van der Waals surface area contributed by atoms with Crippen molar-refractivity contribution in [2.24, 2.45) is 4.99 Å². The Kier molecular flexibility index (Phi) is 6.37. The standard InChI is InChI=1S/C7H11NO6S/c9-1-3(10)4(11)5(12)6(13)7(14)8-2-15/h3-6,9-13H,1H2/t3-,4-,5+,6+/m1/s1. The van der Waals surface area contributed by atoms with E-state index in [-0.39, 0.29) is 0 Å². The number of aliphatic hydroxyl groups is 5. The highest BCUT2D eigenvalue weighted by Crippen LogP contribution is 2.06. The molecule has 0 aromatic rings. The molecule has 0 fully saturated rings. The lowest BCUT2D eigenvalue weighted by Gasteiger charge is -2.23. The van der Waals surface area contributed by atoms with E-state index in [1.165, 1.54) is 0 Å².